The monoisotopic (exact) mass is 329 g/mol. The first-order valence-corrected chi connectivity index (χ1v) is 7.59. The van der Waals surface area contributed by atoms with Crippen molar-refractivity contribution in [2.45, 2.75) is 19.1 Å². The Morgan fingerprint density at radius 1 is 1.12 bits per heavy atom. The van der Waals surface area contributed by atoms with Gasteiger partial charge >= 0.3 is 5.97 Å². The minimum atomic E-state index is -0.657. The van der Waals surface area contributed by atoms with Crippen LogP contribution in [0.5, 0.6) is 17.2 Å². The van der Waals surface area contributed by atoms with Crippen LogP contribution in [0.25, 0.3) is 0 Å². The Balaban J connectivity index is 1.55. The third-order valence-electron chi connectivity index (χ3n) is 3.73. The van der Waals surface area contributed by atoms with Crippen LogP contribution >= 0.6 is 0 Å². The van der Waals surface area contributed by atoms with Crippen molar-refractivity contribution in [2.24, 2.45) is 5.73 Å². The second-order valence-corrected chi connectivity index (χ2v) is 5.45. The lowest BCUT2D eigenvalue weighted by atomic mass is 10.1. The van der Waals surface area contributed by atoms with Crippen LogP contribution in [-0.2, 0) is 22.6 Å². The van der Waals surface area contributed by atoms with Crippen LogP contribution in [0.1, 0.15) is 11.1 Å². The van der Waals surface area contributed by atoms with Crippen molar-refractivity contribution in [2.75, 3.05) is 13.9 Å². The lowest BCUT2D eigenvalue weighted by Crippen LogP contribution is -2.33. The number of benzene rings is 2. The van der Waals surface area contributed by atoms with Gasteiger partial charge in [0.15, 0.2) is 11.5 Å². The van der Waals surface area contributed by atoms with E-state index < -0.39 is 12.0 Å². The van der Waals surface area contributed by atoms with Gasteiger partial charge in [-0.05, 0) is 41.8 Å². The molecular formula is C18H19NO5. The van der Waals surface area contributed by atoms with Crippen LogP contribution < -0.4 is 19.9 Å². The fraction of sp³-hybridized carbons (Fsp3) is 0.278. The van der Waals surface area contributed by atoms with E-state index in [2.05, 4.69) is 4.74 Å². The Kier molecular flexibility index (Phi) is 4.86. The molecule has 24 heavy (non-hydrogen) atoms. The number of esters is 1. The largest absolute Gasteiger partial charge is 0.489 e. The summed E-state index contributed by atoms with van der Waals surface area (Å²) >= 11 is 0. The Morgan fingerprint density at radius 3 is 2.58 bits per heavy atom. The quantitative estimate of drug-likeness (QED) is 0.817. The zero-order valence-electron chi connectivity index (χ0n) is 13.4. The Bertz CT molecular complexity index is 714. The average Bonchev–Trinajstić information content (AvgIpc) is 3.08. The number of carbonyl (C=O) groups excluding carboxylic acids is 1. The molecule has 0 spiro atoms. The number of hydrogen-bond acceptors (Lipinski definition) is 6. The van der Waals surface area contributed by atoms with Crippen molar-refractivity contribution in [3.63, 3.8) is 0 Å². The minimum absolute atomic E-state index is 0.259. The van der Waals surface area contributed by atoms with Crippen LogP contribution in [0.3, 0.4) is 0 Å². The molecule has 0 saturated carbocycles. The van der Waals surface area contributed by atoms with Crippen molar-refractivity contribution in [1.29, 1.82) is 0 Å². The van der Waals surface area contributed by atoms with E-state index in [-0.39, 0.29) is 6.79 Å². The van der Waals surface area contributed by atoms with Crippen LogP contribution in [0.2, 0.25) is 0 Å². The molecule has 1 heterocycles. The highest BCUT2D eigenvalue weighted by molar-refractivity contribution is 5.75. The zero-order chi connectivity index (χ0) is 16.9. The first-order chi connectivity index (χ1) is 11.7. The summed E-state index contributed by atoms with van der Waals surface area (Å²) in [5, 5.41) is 0. The molecule has 6 heteroatoms. The lowest BCUT2D eigenvalue weighted by molar-refractivity contribution is -0.142. The summed E-state index contributed by atoms with van der Waals surface area (Å²) in [5.74, 6) is 1.81. The molecule has 3 rings (SSSR count). The van der Waals surface area contributed by atoms with Crippen LogP contribution in [0, 0.1) is 0 Å². The molecule has 0 radical (unpaired) electrons. The first kappa shape index (κ1) is 16.1. The summed E-state index contributed by atoms with van der Waals surface area (Å²) < 4.78 is 21.0. The topological polar surface area (TPSA) is 80.0 Å². The maximum atomic E-state index is 11.3. The van der Waals surface area contributed by atoms with E-state index in [0.29, 0.717) is 13.0 Å². The molecule has 1 aliphatic rings. The molecule has 0 amide bonds. The van der Waals surface area contributed by atoms with Crippen LogP contribution in [0.4, 0.5) is 0 Å². The van der Waals surface area contributed by atoms with Gasteiger partial charge in [-0.25, -0.2) is 0 Å². The standard InChI is InChI=1S/C18H19NO5/c1-21-18(20)15(19)8-12-2-5-14(6-3-12)22-10-13-4-7-16-17(9-13)24-11-23-16/h2-7,9,15H,8,10-11,19H2,1H3. The highest BCUT2D eigenvalue weighted by Gasteiger charge is 2.15. The van der Waals surface area contributed by atoms with Gasteiger partial charge in [0.05, 0.1) is 7.11 Å². The number of methoxy groups -OCH3 is 1. The molecule has 1 aliphatic heterocycles. The highest BCUT2D eigenvalue weighted by atomic mass is 16.7. The summed E-state index contributed by atoms with van der Waals surface area (Å²) in [6.07, 6.45) is 0.426. The zero-order valence-corrected chi connectivity index (χ0v) is 13.4. The normalized spacial score (nSPS) is 13.4. The molecule has 126 valence electrons. The van der Waals surface area contributed by atoms with Gasteiger partial charge in [-0.2, -0.15) is 0 Å². The van der Waals surface area contributed by atoms with Gasteiger partial charge < -0.3 is 24.7 Å². The predicted octanol–water partition coefficient (Wildman–Crippen LogP) is 2.04. The van der Waals surface area contributed by atoms with Crippen LogP contribution in [-0.4, -0.2) is 25.9 Å². The van der Waals surface area contributed by atoms with Crippen molar-refractivity contribution in [3.05, 3.63) is 53.6 Å². The van der Waals surface area contributed by atoms with Gasteiger partial charge in [-0.3, -0.25) is 4.79 Å². The fourth-order valence-corrected chi connectivity index (χ4v) is 2.41. The molecule has 2 N–H and O–H groups in total. The fourth-order valence-electron chi connectivity index (χ4n) is 2.41. The predicted molar refractivity (Wildman–Crippen MR) is 87.0 cm³/mol. The highest BCUT2D eigenvalue weighted by Crippen LogP contribution is 2.32. The minimum Gasteiger partial charge on any atom is -0.489 e. The van der Waals surface area contributed by atoms with Crippen molar-refractivity contribution < 1.29 is 23.7 Å². The third-order valence-corrected chi connectivity index (χ3v) is 3.73. The molecule has 2 aromatic rings. The molecule has 0 aromatic heterocycles. The van der Waals surface area contributed by atoms with Gasteiger partial charge in [0.25, 0.3) is 0 Å². The molecule has 0 fully saturated rings. The van der Waals surface area contributed by atoms with Gasteiger partial charge in [-0.1, -0.05) is 18.2 Å². The summed E-state index contributed by atoms with van der Waals surface area (Å²) in [7, 11) is 1.33. The number of nitrogens with two attached hydrogens (primary N) is 1. The molecule has 0 aliphatic carbocycles. The Morgan fingerprint density at radius 2 is 1.83 bits per heavy atom. The molecule has 0 saturated heterocycles. The van der Waals surface area contributed by atoms with E-state index in [1.165, 1.54) is 7.11 Å². The third kappa shape index (κ3) is 3.78. The maximum Gasteiger partial charge on any atom is 0.322 e. The molecule has 1 atom stereocenters. The van der Waals surface area contributed by atoms with Crippen molar-refractivity contribution >= 4 is 5.97 Å². The molecule has 0 bridgehead atoms. The Labute approximate surface area is 140 Å². The lowest BCUT2D eigenvalue weighted by Gasteiger charge is -2.10. The van der Waals surface area contributed by atoms with E-state index in [1.807, 2.05) is 42.5 Å². The van der Waals surface area contributed by atoms with Crippen molar-refractivity contribution in [1.82, 2.24) is 0 Å². The number of carbonyl (C=O) groups is 1. The number of ether oxygens (including phenoxy) is 4. The molecule has 1 unspecified atom stereocenters. The van der Waals surface area contributed by atoms with E-state index >= 15 is 0 Å². The van der Waals surface area contributed by atoms with E-state index in [4.69, 9.17) is 19.9 Å². The van der Waals surface area contributed by atoms with Gasteiger partial charge in [-0.15, -0.1) is 0 Å². The summed E-state index contributed by atoms with van der Waals surface area (Å²) in [6.45, 7) is 0.687. The van der Waals surface area contributed by atoms with Gasteiger partial charge in [0, 0.05) is 0 Å². The van der Waals surface area contributed by atoms with E-state index in [1.54, 1.807) is 0 Å². The second-order valence-electron chi connectivity index (χ2n) is 5.45. The number of fused-ring (bicyclic) bond motifs is 1. The number of rotatable bonds is 6. The van der Waals surface area contributed by atoms with E-state index in [9.17, 15) is 4.79 Å². The number of hydrogen-bond donors (Lipinski definition) is 1. The summed E-state index contributed by atoms with van der Waals surface area (Å²) in [4.78, 5) is 11.3. The van der Waals surface area contributed by atoms with Crippen molar-refractivity contribution in [3.8, 4) is 17.2 Å². The Hall–Kier alpha value is -2.73. The van der Waals surface area contributed by atoms with Crippen LogP contribution in [0.15, 0.2) is 42.5 Å². The van der Waals surface area contributed by atoms with Gasteiger partial charge in [0.2, 0.25) is 6.79 Å². The summed E-state index contributed by atoms with van der Waals surface area (Å²) in [5.41, 5.74) is 7.69. The second kappa shape index (κ2) is 7.23. The summed E-state index contributed by atoms with van der Waals surface area (Å²) in [6, 6.07) is 12.5. The smallest absolute Gasteiger partial charge is 0.322 e. The average molecular weight is 329 g/mol. The molecular weight excluding hydrogens is 310 g/mol. The van der Waals surface area contributed by atoms with E-state index in [0.717, 1.165) is 28.4 Å². The molecule has 2 aromatic carbocycles. The SMILES string of the molecule is COC(=O)C(N)Cc1ccc(OCc2ccc3c(c2)OCO3)cc1. The maximum absolute atomic E-state index is 11.3. The first-order valence-electron chi connectivity index (χ1n) is 7.59. The van der Waals surface area contributed by atoms with Gasteiger partial charge in [0.1, 0.15) is 18.4 Å². The molecule has 6 nitrogen and oxygen atoms in total.